The minimum atomic E-state index is -1.31. The fraction of sp³-hybridized carbons (Fsp3) is 0.818. The number of hydrogen-bond acceptors (Lipinski definition) is 18. The molecule has 0 bridgehead atoms. The molecule has 0 spiro atoms. The van der Waals surface area contributed by atoms with Crippen LogP contribution in [0.4, 0.5) is 28.8 Å². The van der Waals surface area contributed by atoms with Crippen molar-refractivity contribution in [3.05, 3.63) is 24.3 Å². The van der Waals surface area contributed by atoms with Gasteiger partial charge in [0.05, 0.1) is 13.3 Å². The van der Waals surface area contributed by atoms with E-state index in [0.717, 1.165) is 12.8 Å². The summed E-state index contributed by atoms with van der Waals surface area (Å²) in [5.41, 5.74) is -1.93. The number of hydrogen-bond donors (Lipinski definition) is 12. The molecule has 3 rings (SSSR count). The highest BCUT2D eigenvalue weighted by molar-refractivity contribution is 5.78. The molecule has 0 saturated heterocycles. The van der Waals surface area contributed by atoms with Crippen molar-refractivity contribution in [2.45, 2.75) is 255 Å². The molecule has 528 valence electrons. The summed E-state index contributed by atoms with van der Waals surface area (Å²) >= 11 is 0. The molecule has 92 heavy (non-hydrogen) atoms. The molecule has 3 saturated carbocycles. The number of alkyl carbamates (subject to hydrolysis) is 6. The van der Waals surface area contributed by atoms with Crippen molar-refractivity contribution in [2.75, 3.05) is 59.4 Å². The number of ether oxygens (including phenoxy) is 6. The highest BCUT2D eigenvalue weighted by Gasteiger charge is 2.45. The van der Waals surface area contributed by atoms with Gasteiger partial charge >= 0.3 is 36.6 Å². The van der Waals surface area contributed by atoms with Crippen LogP contribution in [0.3, 0.4) is 0 Å². The first-order chi connectivity index (χ1) is 42.9. The number of aliphatic hydroxyl groups excluding tert-OH is 2. The molecule has 8 amide bonds. The molecule has 0 radical (unpaired) electrons. The van der Waals surface area contributed by atoms with E-state index in [4.69, 9.17) is 28.4 Å². The molecule has 3 fully saturated rings. The number of amides is 8. The Morgan fingerprint density at radius 3 is 1.05 bits per heavy atom. The summed E-state index contributed by atoms with van der Waals surface area (Å²) in [6.45, 7) is 30.2. The Bertz CT molecular complexity index is 2410. The molecule has 10 unspecified atom stereocenters. The Morgan fingerprint density at radius 1 is 0.424 bits per heavy atom. The van der Waals surface area contributed by atoms with E-state index in [1.165, 1.54) is 0 Å². The summed E-state index contributed by atoms with van der Waals surface area (Å²) in [4.78, 5) is 102. The van der Waals surface area contributed by atoms with Crippen LogP contribution in [0.1, 0.15) is 200 Å². The normalized spacial score (nSPS) is 24.6. The molecular formula is C66H118N10O16. The Morgan fingerprint density at radius 2 is 0.728 bits per heavy atom. The Kier molecular flexibility index (Phi) is 33.3. The third kappa shape index (κ3) is 34.2. The summed E-state index contributed by atoms with van der Waals surface area (Å²) in [6.07, 6.45) is 8.06. The van der Waals surface area contributed by atoms with Crippen molar-refractivity contribution < 1.29 is 77.0 Å². The molecule has 0 aromatic rings. The molecule has 0 aromatic heterocycles. The number of aliphatic hydroxyl groups is 2. The molecule has 12 N–H and O–H groups in total. The van der Waals surface area contributed by atoms with Crippen LogP contribution in [0.5, 0.6) is 0 Å². The van der Waals surface area contributed by atoms with Gasteiger partial charge in [0.2, 0.25) is 11.8 Å². The Labute approximate surface area is 547 Å². The summed E-state index contributed by atoms with van der Waals surface area (Å²) in [7, 11) is 0. The molecule has 26 heteroatoms. The van der Waals surface area contributed by atoms with Crippen LogP contribution < -0.4 is 53.2 Å². The largest absolute Gasteiger partial charge is 0.447 e. The lowest BCUT2D eigenvalue weighted by Gasteiger charge is -2.46. The first-order valence-electron chi connectivity index (χ1n) is 33.2. The fourth-order valence-electron chi connectivity index (χ4n) is 13.6. The van der Waals surface area contributed by atoms with E-state index in [0.29, 0.717) is 90.5 Å². The van der Waals surface area contributed by atoms with E-state index in [9.17, 15) is 48.6 Å². The minimum Gasteiger partial charge on any atom is -0.447 e. The lowest BCUT2D eigenvalue weighted by Crippen LogP contribution is -2.51. The quantitative estimate of drug-likeness (QED) is 0.0162. The van der Waals surface area contributed by atoms with Crippen molar-refractivity contribution in [1.82, 2.24) is 53.2 Å². The van der Waals surface area contributed by atoms with E-state index >= 15 is 0 Å². The molecule has 10 atom stereocenters. The van der Waals surface area contributed by atoms with Gasteiger partial charge in [-0.1, -0.05) is 100 Å². The second-order valence-corrected chi connectivity index (χ2v) is 29.9. The predicted octanol–water partition coefficient (Wildman–Crippen LogP) is 8.19. The van der Waals surface area contributed by atoms with Crippen LogP contribution in [-0.4, -0.2) is 173 Å². The summed E-state index contributed by atoms with van der Waals surface area (Å²) in [5, 5.41) is 50.4. The average molecular weight is 1310 g/mol. The predicted molar refractivity (Wildman–Crippen MR) is 350 cm³/mol. The van der Waals surface area contributed by atoms with Crippen LogP contribution in [0.15, 0.2) is 24.3 Å². The van der Waals surface area contributed by atoms with E-state index < -0.39 is 91.4 Å². The van der Waals surface area contributed by atoms with E-state index in [1.807, 2.05) is 74.5 Å². The summed E-state index contributed by atoms with van der Waals surface area (Å²) in [5.74, 6) is -0.214. The first kappa shape index (κ1) is 80.1. The van der Waals surface area contributed by atoms with Gasteiger partial charge in [-0.05, 0) is 131 Å². The van der Waals surface area contributed by atoms with E-state index in [-0.39, 0.29) is 96.4 Å². The molecule has 3 aliphatic rings. The lowest BCUT2D eigenvalue weighted by molar-refractivity contribution is -0.121. The standard InChI is InChI=1S/C66H118N10O16/c1-16-51(22-18-20-24-53(79)72-42-70-44(3)4)91-57(83)69-41-66(15)30-47(27-62(9,10)38-66)75-59(85)90-35-49(77)32-87-55(81)67-39-64(13)29-46(26-61(7,8)36-64)74-58(84)89-34-50(78)33-88-56(82)68-40-65(14)31-48(28-63(11,12)37-65)76-60(86)92-52(17-2)23-19-21-25-54(80)73-43-71-45(5)6/h18-21,44-52,70-71,77-78H,16-17,22-43H2,1-15H3,(H,67,81)(H,68,82)(H,69,83)(H,72,79)(H,73,80)(H,74,84)(H,75,85)(H,76,86)/b20-18+,21-19+. The third-order valence-corrected chi connectivity index (χ3v) is 16.7. The van der Waals surface area contributed by atoms with Gasteiger partial charge in [0.25, 0.3) is 0 Å². The summed E-state index contributed by atoms with van der Waals surface area (Å²) in [6, 6.07) is -0.350. The van der Waals surface area contributed by atoms with Gasteiger partial charge in [0, 0.05) is 75.5 Å². The molecular weight excluding hydrogens is 1190 g/mol. The van der Waals surface area contributed by atoms with Gasteiger partial charge in [0.1, 0.15) is 50.8 Å². The smallest absolute Gasteiger partial charge is 0.407 e. The van der Waals surface area contributed by atoms with Crippen LogP contribution in [0.2, 0.25) is 0 Å². The van der Waals surface area contributed by atoms with Crippen molar-refractivity contribution in [1.29, 1.82) is 0 Å². The third-order valence-electron chi connectivity index (χ3n) is 16.7. The number of rotatable bonds is 35. The fourth-order valence-corrected chi connectivity index (χ4v) is 13.6. The van der Waals surface area contributed by atoms with Gasteiger partial charge in [-0.15, -0.1) is 0 Å². The Balaban J connectivity index is 1.35. The highest BCUT2D eigenvalue weighted by atomic mass is 16.6. The minimum absolute atomic E-state index is 0.106. The topological polar surface area (TPSA) is 353 Å². The van der Waals surface area contributed by atoms with Crippen LogP contribution in [-0.2, 0) is 38.0 Å². The average Bonchev–Trinajstić information content (AvgIpc) is 0.824. The molecule has 26 nitrogen and oxygen atoms in total. The van der Waals surface area contributed by atoms with Gasteiger partial charge in [-0.3, -0.25) is 20.2 Å². The van der Waals surface area contributed by atoms with Gasteiger partial charge in [-0.2, -0.15) is 0 Å². The van der Waals surface area contributed by atoms with E-state index in [1.54, 1.807) is 12.2 Å². The van der Waals surface area contributed by atoms with Gasteiger partial charge in [0.15, 0.2) is 0 Å². The van der Waals surface area contributed by atoms with Crippen LogP contribution in [0.25, 0.3) is 0 Å². The monoisotopic (exact) mass is 1310 g/mol. The molecule has 0 aromatic carbocycles. The number of carbonyl (C=O) groups is 8. The zero-order valence-electron chi connectivity index (χ0n) is 58.1. The zero-order chi connectivity index (χ0) is 68.9. The van der Waals surface area contributed by atoms with Crippen LogP contribution in [0, 0.1) is 32.5 Å². The van der Waals surface area contributed by atoms with E-state index in [2.05, 4.69) is 94.7 Å². The molecule has 0 aliphatic heterocycles. The lowest BCUT2D eigenvalue weighted by atomic mass is 9.62. The summed E-state index contributed by atoms with van der Waals surface area (Å²) < 4.78 is 32.7. The second kappa shape index (κ2) is 38.3. The Hall–Kier alpha value is -6.12. The number of carbonyl (C=O) groups excluding carboxylic acids is 8. The molecule has 0 heterocycles. The highest BCUT2D eigenvalue weighted by Crippen LogP contribution is 2.48. The maximum atomic E-state index is 13.1. The van der Waals surface area contributed by atoms with Crippen molar-refractivity contribution in [3.8, 4) is 0 Å². The number of nitrogens with one attached hydrogen (secondary N) is 10. The van der Waals surface area contributed by atoms with Crippen molar-refractivity contribution in [2.24, 2.45) is 32.5 Å². The second-order valence-electron chi connectivity index (χ2n) is 29.9. The van der Waals surface area contributed by atoms with Crippen molar-refractivity contribution >= 4 is 48.4 Å². The maximum Gasteiger partial charge on any atom is 0.407 e. The first-order valence-corrected chi connectivity index (χ1v) is 33.2. The molecule has 3 aliphatic carbocycles. The SMILES string of the molecule is CCC(C/C=C/CC(=O)NCNC(C)C)OC(=O)NCC1(C)CC(NC(=O)OCC(O)COC(=O)NCC2(C)CC(NC(=O)OCC(O)COC(=O)NCC3(C)CC(NC(=O)OC(CC)C/C=C/CC(=O)NCNC(C)C)CC(C)(C)C3)CC(C)(C)C2)CC(C)(C)C1. The van der Waals surface area contributed by atoms with Gasteiger partial charge < -0.3 is 81.2 Å². The maximum absolute atomic E-state index is 13.1. The van der Waals surface area contributed by atoms with Gasteiger partial charge in [-0.25, -0.2) is 28.8 Å². The van der Waals surface area contributed by atoms with Crippen LogP contribution >= 0.6 is 0 Å². The zero-order valence-corrected chi connectivity index (χ0v) is 58.1. The van der Waals surface area contributed by atoms with Crippen molar-refractivity contribution in [3.63, 3.8) is 0 Å².